The first-order valence-corrected chi connectivity index (χ1v) is 12.1. The highest BCUT2D eigenvalue weighted by Gasteiger charge is 2.51. The van der Waals surface area contributed by atoms with Gasteiger partial charge in [0.15, 0.2) is 5.58 Å². The van der Waals surface area contributed by atoms with Crippen molar-refractivity contribution in [1.82, 2.24) is 14.8 Å². The maximum absolute atomic E-state index is 12.8. The number of nitrogens with one attached hydrogen (secondary N) is 1. The third kappa shape index (κ3) is 4.82. The average Bonchev–Trinajstić information content (AvgIpc) is 3.19. The summed E-state index contributed by atoms with van der Waals surface area (Å²) in [6.07, 6.45) is 10.5. The Hall–Kier alpha value is -2.41. The molecule has 1 aliphatic carbocycles. The molecule has 32 heavy (non-hydrogen) atoms. The number of carbonyl (C=O) groups excluding carboxylic acids is 2. The van der Waals surface area contributed by atoms with E-state index < -0.39 is 0 Å². The second-order valence-electron chi connectivity index (χ2n) is 9.51. The van der Waals surface area contributed by atoms with Crippen LogP contribution < -0.4 is 11.1 Å². The number of nitrogens with zero attached hydrogens (tertiary/aromatic N) is 2. The summed E-state index contributed by atoms with van der Waals surface area (Å²) in [5, 5.41) is 3.47. The first-order chi connectivity index (χ1) is 15.5. The van der Waals surface area contributed by atoms with Crippen LogP contribution in [0.3, 0.4) is 0 Å². The Bertz CT molecular complexity index is 1020. The van der Waals surface area contributed by atoms with Crippen LogP contribution in [0.25, 0.3) is 11.1 Å². The molecule has 2 aliphatic rings. The van der Waals surface area contributed by atoms with Gasteiger partial charge in [0.25, 0.3) is 0 Å². The minimum absolute atomic E-state index is 0.0397. The highest BCUT2D eigenvalue weighted by Crippen LogP contribution is 2.45. The van der Waals surface area contributed by atoms with E-state index in [1.54, 1.807) is 7.05 Å². The Kier molecular flexibility index (Phi) is 7.13. The Morgan fingerprint density at radius 1 is 1.00 bits per heavy atom. The van der Waals surface area contributed by atoms with E-state index in [1.807, 2.05) is 12.1 Å². The molecule has 1 aliphatic heterocycles. The van der Waals surface area contributed by atoms with Gasteiger partial charge in [-0.1, -0.05) is 25.3 Å². The summed E-state index contributed by atoms with van der Waals surface area (Å²) < 4.78 is 6.77. The molecule has 1 saturated heterocycles. The van der Waals surface area contributed by atoms with Gasteiger partial charge in [0.2, 0.25) is 11.8 Å². The highest BCUT2D eigenvalue weighted by atomic mass is 16.4. The molecule has 2 fully saturated rings. The van der Waals surface area contributed by atoms with Gasteiger partial charge in [-0.05, 0) is 75.7 Å². The minimum atomic E-state index is -0.357. The summed E-state index contributed by atoms with van der Waals surface area (Å²) in [6.45, 7) is 2.43. The number of likely N-dealkylation sites (tertiary alicyclic amines) is 1. The third-order valence-electron chi connectivity index (χ3n) is 7.21. The van der Waals surface area contributed by atoms with Crippen molar-refractivity contribution in [2.75, 3.05) is 19.6 Å². The van der Waals surface area contributed by atoms with Crippen LogP contribution in [0.5, 0.6) is 0 Å². The minimum Gasteiger partial charge on any atom is -0.408 e. The van der Waals surface area contributed by atoms with E-state index >= 15 is 0 Å². The van der Waals surface area contributed by atoms with Crippen molar-refractivity contribution < 1.29 is 14.0 Å². The maximum Gasteiger partial charge on any atom is 0.419 e. The molecule has 2 aromatic rings. The summed E-state index contributed by atoms with van der Waals surface area (Å²) in [7, 11) is 1.72. The zero-order valence-electron chi connectivity index (χ0n) is 19.2. The molecule has 7 nitrogen and oxygen atoms in total. The van der Waals surface area contributed by atoms with E-state index in [9.17, 15) is 14.4 Å². The molecular formula is C25H35N3O4. The van der Waals surface area contributed by atoms with Gasteiger partial charge >= 0.3 is 5.76 Å². The number of amides is 2. The Balaban J connectivity index is 1.08. The number of unbranched alkanes of at least 4 members (excludes halogenated alkanes) is 2. The lowest BCUT2D eigenvalue weighted by Gasteiger charge is -2.30. The molecular weight excluding hydrogens is 406 g/mol. The molecule has 1 spiro atoms. The average molecular weight is 442 g/mol. The second kappa shape index (κ2) is 10.0. The van der Waals surface area contributed by atoms with Crippen LogP contribution in [-0.2, 0) is 23.1 Å². The third-order valence-corrected chi connectivity index (χ3v) is 7.21. The van der Waals surface area contributed by atoms with Crippen LogP contribution in [0.4, 0.5) is 0 Å². The van der Waals surface area contributed by atoms with Crippen molar-refractivity contribution in [1.29, 1.82) is 0 Å². The fourth-order valence-corrected chi connectivity index (χ4v) is 5.26. The molecule has 0 bridgehead atoms. The molecule has 1 saturated carbocycles. The van der Waals surface area contributed by atoms with Gasteiger partial charge in [-0.3, -0.25) is 19.1 Å². The van der Waals surface area contributed by atoms with Crippen LogP contribution in [-0.4, -0.2) is 40.9 Å². The van der Waals surface area contributed by atoms with Gasteiger partial charge in [-0.25, -0.2) is 4.79 Å². The lowest BCUT2D eigenvalue weighted by atomic mass is 9.73. The normalized spacial score (nSPS) is 18.3. The number of aryl methyl sites for hydroxylation is 2. The van der Waals surface area contributed by atoms with Gasteiger partial charge in [0, 0.05) is 20.0 Å². The Labute approximate surface area is 189 Å². The fourth-order valence-electron chi connectivity index (χ4n) is 5.26. The van der Waals surface area contributed by atoms with Crippen LogP contribution in [0.15, 0.2) is 27.4 Å². The lowest BCUT2D eigenvalue weighted by Crippen LogP contribution is -2.37. The Morgan fingerprint density at radius 3 is 2.53 bits per heavy atom. The van der Waals surface area contributed by atoms with Gasteiger partial charge in [0.1, 0.15) is 0 Å². The summed E-state index contributed by atoms with van der Waals surface area (Å²) in [4.78, 5) is 38.3. The molecule has 7 heteroatoms. The Morgan fingerprint density at radius 2 is 1.75 bits per heavy atom. The summed E-state index contributed by atoms with van der Waals surface area (Å²) in [6, 6.07) is 5.96. The number of carbonyl (C=O) groups is 2. The van der Waals surface area contributed by atoms with Crippen LogP contribution in [0, 0.1) is 5.41 Å². The number of imide groups is 1. The van der Waals surface area contributed by atoms with Crippen molar-refractivity contribution in [3.63, 3.8) is 0 Å². The van der Waals surface area contributed by atoms with Crippen LogP contribution in [0.1, 0.15) is 69.8 Å². The smallest absolute Gasteiger partial charge is 0.408 e. The van der Waals surface area contributed by atoms with E-state index in [1.165, 1.54) is 21.5 Å². The van der Waals surface area contributed by atoms with Crippen molar-refractivity contribution in [2.24, 2.45) is 12.5 Å². The van der Waals surface area contributed by atoms with Crippen LogP contribution >= 0.6 is 0 Å². The molecule has 2 heterocycles. The predicted octanol–water partition coefficient (Wildman–Crippen LogP) is 3.53. The highest BCUT2D eigenvalue weighted by molar-refractivity contribution is 6.05. The molecule has 0 atom stereocenters. The van der Waals surface area contributed by atoms with Gasteiger partial charge in [-0.2, -0.15) is 0 Å². The number of benzene rings is 1. The molecule has 2 amide bonds. The number of rotatable bonds is 10. The van der Waals surface area contributed by atoms with Crippen molar-refractivity contribution in [3.05, 3.63) is 34.3 Å². The monoisotopic (exact) mass is 441 g/mol. The van der Waals surface area contributed by atoms with Crippen molar-refractivity contribution >= 4 is 22.9 Å². The van der Waals surface area contributed by atoms with E-state index in [0.29, 0.717) is 18.5 Å². The van der Waals surface area contributed by atoms with Gasteiger partial charge in [0.05, 0.1) is 10.9 Å². The molecule has 0 radical (unpaired) electrons. The standard InChI is InChI=1S/C25H35N3O4/c1-27-20-11-10-19(17-21(20)32-24(27)31)9-3-6-14-26-15-7-8-16-28-22(29)18-25(23(28)30)12-4-2-5-13-25/h10-11,17,26H,2-9,12-16,18H2,1H3. The molecule has 1 aromatic heterocycles. The number of hydrogen-bond acceptors (Lipinski definition) is 5. The fraction of sp³-hybridized carbons (Fsp3) is 0.640. The maximum atomic E-state index is 12.8. The molecule has 174 valence electrons. The van der Waals surface area contributed by atoms with E-state index in [2.05, 4.69) is 11.4 Å². The molecule has 1 aromatic carbocycles. The molecule has 1 N–H and O–H groups in total. The van der Waals surface area contributed by atoms with E-state index in [-0.39, 0.29) is 23.0 Å². The van der Waals surface area contributed by atoms with Crippen molar-refractivity contribution in [3.8, 4) is 0 Å². The zero-order chi connectivity index (χ0) is 22.6. The summed E-state index contributed by atoms with van der Waals surface area (Å²) >= 11 is 0. The SMILES string of the molecule is Cn1c(=O)oc2cc(CCCCNCCCCN3C(=O)CC4(CCCCC4)C3=O)ccc21. The topological polar surface area (TPSA) is 84.6 Å². The first-order valence-electron chi connectivity index (χ1n) is 12.1. The number of hydrogen-bond donors (Lipinski definition) is 1. The van der Waals surface area contributed by atoms with Gasteiger partial charge in [-0.15, -0.1) is 0 Å². The summed E-state index contributed by atoms with van der Waals surface area (Å²) in [5.41, 5.74) is 2.30. The summed E-state index contributed by atoms with van der Waals surface area (Å²) in [5.74, 6) is -0.186. The number of oxazole rings is 1. The first kappa shape index (κ1) is 22.8. The van der Waals surface area contributed by atoms with E-state index in [0.717, 1.165) is 76.4 Å². The van der Waals surface area contributed by atoms with E-state index in [4.69, 9.17) is 4.42 Å². The quantitative estimate of drug-likeness (QED) is 0.450. The van der Waals surface area contributed by atoms with Crippen molar-refractivity contribution in [2.45, 2.75) is 70.6 Å². The number of fused-ring (bicyclic) bond motifs is 1. The molecule has 0 unspecified atom stereocenters. The van der Waals surface area contributed by atoms with Crippen LogP contribution in [0.2, 0.25) is 0 Å². The molecule has 4 rings (SSSR count). The zero-order valence-corrected chi connectivity index (χ0v) is 19.2. The van der Waals surface area contributed by atoms with Gasteiger partial charge < -0.3 is 9.73 Å². The number of aromatic nitrogens is 1. The predicted molar refractivity (Wildman–Crippen MR) is 123 cm³/mol. The largest absolute Gasteiger partial charge is 0.419 e. The lowest BCUT2D eigenvalue weighted by molar-refractivity contribution is -0.142. The second-order valence-corrected chi connectivity index (χ2v) is 9.51.